The fourth-order valence-corrected chi connectivity index (χ4v) is 2.84. The van der Waals surface area contributed by atoms with E-state index in [1.165, 1.54) is 28.0 Å². The summed E-state index contributed by atoms with van der Waals surface area (Å²) in [6.45, 7) is 1.80. The molecular formula is C16H18N8O3. The van der Waals surface area contributed by atoms with Crippen LogP contribution in [-0.4, -0.2) is 55.4 Å². The summed E-state index contributed by atoms with van der Waals surface area (Å²) in [5.74, 6) is -0.414. The van der Waals surface area contributed by atoms with Gasteiger partial charge in [-0.25, -0.2) is 4.98 Å². The second-order valence-electron chi connectivity index (χ2n) is 6.16. The molecule has 0 spiro atoms. The lowest BCUT2D eigenvalue weighted by Crippen LogP contribution is -2.40. The number of amides is 2. The average molecular weight is 370 g/mol. The first-order valence-electron chi connectivity index (χ1n) is 8.16. The van der Waals surface area contributed by atoms with E-state index in [2.05, 4.69) is 25.7 Å². The van der Waals surface area contributed by atoms with Gasteiger partial charge >= 0.3 is 0 Å². The van der Waals surface area contributed by atoms with Gasteiger partial charge < -0.3 is 15.7 Å². The van der Waals surface area contributed by atoms with E-state index in [4.69, 9.17) is 5.26 Å². The first-order valence-corrected chi connectivity index (χ1v) is 8.16. The Morgan fingerprint density at radius 1 is 1.56 bits per heavy atom. The second kappa shape index (κ2) is 7.00. The second-order valence-corrected chi connectivity index (χ2v) is 6.16. The molecule has 11 heteroatoms. The van der Waals surface area contributed by atoms with Gasteiger partial charge in [0.15, 0.2) is 0 Å². The van der Waals surface area contributed by atoms with Gasteiger partial charge in [-0.2, -0.15) is 15.3 Å². The largest absolute Gasteiger partial charge is 0.368 e. The molecule has 0 unspecified atom stereocenters. The van der Waals surface area contributed by atoms with Crippen molar-refractivity contribution in [2.45, 2.75) is 31.5 Å². The number of likely N-dealkylation sites (N-methyl/N-ethyl adjacent to an activating group) is 1. The van der Waals surface area contributed by atoms with E-state index in [0.717, 1.165) is 0 Å². The number of aromatic nitrogens is 4. The minimum atomic E-state index is -2.04. The molecule has 1 saturated heterocycles. The Hall–Kier alpha value is -3.52. The van der Waals surface area contributed by atoms with Crippen molar-refractivity contribution in [3.8, 4) is 6.07 Å². The molecule has 0 radical (unpaired) electrons. The Labute approximate surface area is 154 Å². The van der Waals surface area contributed by atoms with Crippen LogP contribution in [0.1, 0.15) is 13.3 Å². The average Bonchev–Trinajstić information content (AvgIpc) is 3.17. The molecule has 2 aromatic rings. The number of carbonyl (C=O) groups excluding carboxylic acids is 2. The Morgan fingerprint density at radius 2 is 2.33 bits per heavy atom. The highest BCUT2D eigenvalue weighted by molar-refractivity contribution is 6.03. The molecule has 11 nitrogen and oxygen atoms in total. The van der Waals surface area contributed by atoms with Gasteiger partial charge in [0.25, 0.3) is 5.91 Å². The van der Waals surface area contributed by atoms with Crippen LogP contribution >= 0.6 is 0 Å². The Balaban J connectivity index is 1.78. The van der Waals surface area contributed by atoms with Crippen LogP contribution in [0.15, 0.2) is 24.7 Å². The van der Waals surface area contributed by atoms with E-state index >= 15 is 0 Å². The molecule has 0 aliphatic carbocycles. The smallest absolute Gasteiger partial charge is 0.275 e. The van der Waals surface area contributed by atoms with Crippen molar-refractivity contribution in [3.05, 3.63) is 24.7 Å². The maximum absolute atomic E-state index is 12.4. The van der Waals surface area contributed by atoms with E-state index in [1.807, 2.05) is 0 Å². The summed E-state index contributed by atoms with van der Waals surface area (Å²) in [4.78, 5) is 33.4. The van der Waals surface area contributed by atoms with Crippen molar-refractivity contribution in [1.82, 2.24) is 25.1 Å². The van der Waals surface area contributed by atoms with Gasteiger partial charge in [0.1, 0.15) is 18.4 Å². The molecule has 1 aliphatic rings. The lowest BCUT2D eigenvalue weighted by atomic mass is 10.0. The van der Waals surface area contributed by atoms with Gasteiger partial charge in [-0.05, 0) is 13.0 Å². The topological polar surface area (TPSA) is 149 Å². The molecule has 3 heterocycles. The van der Waals surface area contributed by atoms with Gasteiger partial charge in [-0.3, -0.25) is 19.2 Å². The maximum atomic E-state index is 12.4. The van der Waals surface area contributed by atoms with Crippen molar-refractivity contribution < 1.29 is 14.7 Å². The third-order valence-corrected chi connectivity index (χ3v) is 4.15. The third-order valence-electron chi connectivity index (χ3n) is 4.15. The summed E-state index contributed by atoms with van der Waals surface area (Å²) in [5, 5.41) is 28.7. The van der Waals surface area contributed by atoms with Gasteiger partial charge in [-0.1, -0.05) is 0 Å². The Kier molecular flexibility index (Phi) is 4.74. The first kappa shape index (κ1) is 18.3. The zero-order valence-electron chi connectivity index (χ0n) is 14.7. The summed E-state index contributed by atoms with van der Waals surface area (Å²) in [5.41, 5.74) is -1.48. The number of rotatable bonds is 5. The summed E-state index contributed by atoms with van der Waals surface area (Å²) in [6, 6.07) is 2.80. The molecule has 1 aliphatic heterocycles. The fourth-order valence-electron chi connectivity index (χ4n) is 2.84. The lowest BCUT2D eigenvalue weighted by Gasteiger charge is -2.20. The number of nitrogens with zero attached hydrogens (tertiary/aromatic N) is 6. The molecule has 2 aromatic heterocycles. The molecule has 1 fully saturated rings. The Bertz CT molecular complexity index is 920. The van der Waals surface area contributed by atoms with Crippen LogP contribution in [0, 0.1) is 11.3 Å². The van der Waals surface area contributed by atoms with E-state index in [9.17, 15) is 14.7 Å². The van der Waals surface area contributed by atoms with Crippen LogP contribution < -0.4 is 15.5 Å². The molecule has 27 heavy (non-hydrogen) atoms. The quantitative estimate of drug-likeness (QED) is 0.599. The summed E-state index contributed by atoms with van der Waals surface area (Å²) >= 11 is 0. The highest BCUT2D eigenvalue weighted by atomic mass is 16.3. The van der Waals surface area contributed by atoms with Gasteiger partial charge in [-0.15, -0.1) is 0 Å². The molecule has 2 amide bonds. The predicted octanol–water partition coefficient (Wildman–Crippen LogP) is -0.457. The normalized spacial score (nSPS) is 21.8. The van der Waals surface area contributed by atoms with Gasteiger partial charge in [0, 0.05) is 31.9 Å². The molecular weight excluding hydrogens is 352 g/mol. The van der Waals surface area contributed by atoms with Crippen LogP contribution in [0.5, 0.6) is 0 Å². The van der Waals surface area contributed by atoms with Crippen LogP contribution in [0.3, 0.4) is 0 Å². The van der Waals surface area contributed by atoms with Crippen molar-refractivity contribution >= 4 is 29.3 Å². The van der Waals surface area contributed by atoms with Crippen LogP contribution in [-0.2, 0) is 16.1 Å². The van der Waals surface area contributed by atoms with Crippen LogP contribution in [0.4, 0.5) is 17.5 Å². The van der Waals surface area contributed by atoms with Crippen molar-refractivity contribution in [3.63, 3.8) is 0 Å². The van der Waals surface area contributed by atoms with Crippen molar-refractivity contribution in [1.29, 1.82) is 5.26 Å². The minimum Gasteiger partial charge on any atom is -0.368 e. The molecule has 0 aromatic carbocycles. The zero-order chi connectivity index (χ0) is 19.6. The number of aliphatic hydroxyl groups is 1. The number of carbonyl (C=O) groups is 2. The number of nitrogens with one attached hydrogen (secondary N) is 2. The standard InChI is InChI=1S/C16H18N8O3/c1-10-5-16(27,9-17)14(26)24(10)12-3-4-19-15(22-12)21-11-6-20-23(7-11)8-13(25)18-2/h3-4,6-7,10,27H,5,8H2,1-2H3,(H,18,25)(H,19,21,22)/t10-,16+/m1/s1. The van der Waals surface area contributed by atoms with E-state index in [0.29, 0.717) is 5.69 Å². The SMILES string of the molecule is CNC(=O)Cn1cc(Nc2nccc(N3C(=O)[C@@](O)(C#N)C[C@H]3C)n2)cn1. The summed E-state index contributed by atoms with van der Waals surface area (Å²) in [6.07, 6.45) is 4.59. The van der Waals surface area contributed by atoms with Crippen molar-refractivity contribution in [2.75, 3.05) is 17.3 Å². The molecule has 0 bridgehead atoms. The summed E-state index contributed by atoms with van der Waals surface area (Å²) < 4.78 is 1.45. The molecule has 0 saturated carbocycles. The first-order chi connectivity index (χ1) is 12.9. The van der Waals surface area contributed by atoms with E-state index in [-0.39, 0.29) is 36.7 Å². The fraction of sp³-hybridized carbons (Fsp3) is 0.375. The maximum Gasteiger partial charge on any atom is 0.275 e. The minimum absolute atomic E-state index is 0.00135. The van der Waals surface area contributed by atoms with Crippen LogP contribution in [0.25, 0.3) is 0 Å². The number of nitriles is 1. The molecule has 3 N–H and O–H groups in total. The van der Waals surface area contributed by atoms with Crippen molar-refractivity contribution in [2.24, 2.45) is 0 Å². The molecule has 140 valence electrons. The predicted molar refractivity (Wildman–Crippen MR) is 93.7 cm³/mol. The van der Waals surface area contributed by atoms with E-state index in [1.54, 1.807) is 26.2 Å². The number of hydrogen-bond donors (Lipinski definition) is 3. The third kappa shape index (κ3) is 3.56. The molecule has 2 atom stereocenters. The highest BCUT2D eigenvalue weighted by Crippen LogP contribution is 2.32. The highest BCUT2D eigenvalue weighted by Gasteiger charge is 2.50. The monoisotopic (exact) mass is 370 g/mol. The van der Waals surface area contributed by atoms with Crippen LogP contribution in [0.2, 0.25) is 0 Å². The van der Waals surface area contributed by atoms with Gasteiger partial charge in [0.05, 0.1) is 11.9 Å². The number of anilines is 3. The Morgan fingerprint density at radius 3 is 3.00 bits per heavy atom. The lowest BCUT2D eigenvalue weighted by molar-refractivity contribution is -0.128. The number of hydrogen-bond acceptors (Lipinski definition) is 8. The van der Waals surface area contributed by atoms with E-state index < -0.39 is 11.5 Å². The molecule has 3 rings (SSSR count). The zero-order valence-corrected chi connectivity index (χ0v) is 14.7. The summed E-state index contributed by atoms with van der Waals surface area (Å²) in [7, 11) is 1.54. The van der Waals surface area contributed by atoms with Gasteiger partial charge in [0.2, 0.25) is 17.5 Å².